The van der Waals surface area contributed by atoms with Gasteiger partial charge in [-0.1, -0.05) is 0 Å². The molecule has 86 valence electrons. The predicted molar refractivity (Wildman–Crippen MR) is 61.8 cm³/mol. The molecule has 1 aromatic rings. The van der Waals surface area contributed by atoms with Crippen molar-refractivity contribution in [2.45, 2.75) is 52.0 Å². The van der Waals surface area contributed by atoms with Gasteiger partial charge in [0.2, 0.25) is 0 Å². The Morgan fingerprint density at radius 2 is 2.06 bits per heavy atom. The molecule has 1 saturated carbocycles. The summed E-state index contributed by atoms with van der Waals surface area (Å²) in [6.07, 6.45) is 5.80. The van der Waals surface area contributed by atoms with Gasteiger partial charge in [-0.15, -0.1) is 0 Å². The minimum absolute atomic E-state index is 0.867. The Kier molecular flexibility index (Phi) is 2.70. The molecule has 1 aromatic heterocycles. The van der Waals surface area contributed by atoms with Gasteiger partial charge < -0.3 is 0 Å². The van der Waals surface area contributed by atoms with Gasteiger partial charge in [0.05, 0.1) is 0 Å². The fourth-order valence-corrected chi connectivity index (χ4v) is 4.52. The molecular formula is C14H19NW. The monoisotopic (exact) mass is 385 g/mol. The first-order valence-corrected chi connectivity index (χ1v) is 7.84. The Morgan fingerprint density at radius 3 is 2.88 bits per heavy atom. The third-order valence-corrected chi connectivity index (χ3v) is 6.27. The first kappa shape index (κ1) is 11.0. The summed E-state index contributed by atoms with van der Waals surface area (Å²) in [5.41, 5.74) is 4.70. The Bertz CT molecular complexity index is 486. The summed E-state index contributed by atoms with van der Waals surface area (Å²) < 4.78 is 4.25. The number of rotatable bonds is 0. The molecule has 0 aromatic carbocycles. The van der Waals surface area contributed by atoms with Crippen LogP contribution in [-0.2, 0) is 25.9 Å². The van der Waals surface area contributed by atoms with Gasteiger partial charge in [0.1, 0.15) is 0 Å². The molecular weight excluding hydrogens is 366 g/mol. The average Bonchev–Trinajstić information content (AvgIpc) is 2.25. The quantitative estimate of drug-likeness (QED) is 0.645. The third kappa shape index (κ3) is 1.59. The van der Waals surface area contributed by atoms with Crippen LogP contribution >= 0.6 is 0 Å². The van der Waals surface area contributed by atoms with Crippen LogP contribution in [0, 0.1) is 23.4 Å². The summed E-state index contributed by atoms with van der Waals surface area (Å²) in [5.74, 6) is 1.83. The van der Waals surface area contributed by atoms with Crippen LogP contribution < -0.4 is 0 Å². The van der Waals surface area contributed by atoms with Gasteiger partial charge in [-0.3, -0.25) is 0 Å². The molecule has 2 heterocycles. The molecule has 0 amide bonds. The van der Waals surface area contributed by atoms with Crippen LogP contribution in [0.1, 0.15) is 48.4 Å². The summed E-state index contributed by atoms with van der Waals surface area (Å²) in [4.78, 5) is 0. The molecule has 16 heavy (non-hydrogen) atoms. The van der Waals surface area contributed by atoms with Gasteiger partial charge in [0.15, 0.2) is 0 Å². The van der Waals surface area contributed by atoms with Crippen molar-refractivity contribution in [1.82, 2.24) is 4.57 Å². The van der Waals surface area contributed by atoms with Gasteiger partial charge >= 0.3 is 108 Å². The third-order valence-electron chi connectivity index (χ3n) is 4.32. The van der Waals surface area contributed by atoms with Crippen molar-refractivity contribution in [3.05, 3.63) is 26.6 Å². The molecule has 0 N–H and O–H groups in total. The van der Waals surface area contributed by atoms with E-state index < -0.39 is 0 Å². The van der Waals surface area contributed by atoms with E-state index in [0.717, 1.165) is 11.8 Å². The van der Waals surface area contributed by atoms with Crippen LogP contribution in [-0.4, -0.2) is 4.57 Å². The molecule has 2 aliphatic rings. The van der Waals surface area contributed by atoms with E-state index in [1.54, 1.807) is 28.7 Å². The summed E-state index contributed by atoms with van der Waals surface area (Å²) in [6, 6.07) is 2.41. The number of fused-ring (bicyclic) bond motifs is 4. The minimum atomic E-state index is 0.867. The van der Waals surface area contributed by atoms with Crippen LogP contribution in [0.5, 0.6) is 0 Å². The molecule has 0 saturated heterocycles. The molecule has 0 spiro atoms. The summed E-state index contributed by atoms with van der Waals surface area (Å²) in [6.45, 7) is 5.88. The number of hydrogen-bond donors (Lipinski definition) is 0. The van der Waals surface area contributed by atoms with Gasteiger partial charge in [0.25, 0.3) is 0 Å². The Balaban J connectivity index is 2.23. The van der Waals surface area contributed by atoms with Gasteiger partial charge in [-0.25, -0.2) is 0 Å². The van der Waals surface area contributed by atoms with Crippen molar-refractivity contribution in [3.63, 3.8) is 0 Å². The second kappa shape index (κ2) is 3.94. The van der Waals surface area contributed by atoms with E-state index in [-0.39, 0.29) is 0 Å². The van der Waals surface area contributed by atoms with E-state index in [2.05, 4.69) is 24.5 Å². The molecule has 2 heteroatoms. The van der Waals surface area contributed by atoms with Gasteiger partial charge in [-0.2, -0.15) is 0 Å². The van der Waals surface area contributed by atoms with Crippen molar-refractivity contribution in [1.29, 1.82) is 0 Å². The molecule has 3 rings (SSSR count). The molecule has 2 bridgehead atoms. The summed E-state index contributed by atoms with van der Waals surface area (Å²) in [7, 11) is 0. The zero-order valence-electron chi connectivity index (χ0n) is 10.1. The van der Waals surface area contributed by atoms with Crippen LogP contribution in [0.25, 0.3) is 0 Å². The standard InChI is InChI=1S/C14H19N.W/c1-10-6-11(2)14-13-5-3-4-12(7-13)9-15(14)8-10;/h6,12-13H,3-5,7,9H2,1-2H3;/t12?,13-;/m1./s1. The van der Waals surface area contributed by atoms with Crippen LogP contribution in [0.15, 0.2) is 6.07 Å². The summed E-state index contributed by atoms with van der Waals surface area (Å²) in [5, 5.41) is 0. The Labute approximate surface area is 108 Å². The van der Waals surface area contributed by atoms with E-state index in [9.17, 15) is 0 Å². The van der Waals surface area contributed by atoms with Crippen LogP contribution in [0.4, 0.5) is 0 Å². The predicted octanol–water partition coefficient (Wildman–Crippen LogP) is 3.47. The number of hydrogen-bond acceptors (Lipinski definition) is 0. The van der Waals surface area contributed by atoms with Crippen molar-refractivity contribution >= 4 is 0 Å². The SMILES string of the molecule is Cc1cc(C)[c](=[W])n2c1[C@@H]1CCCC(C1)C2. The second-order valence-corrected chi connectivity index (χ2v) is 6.93. The molecule has 1 fully saturated rings. The Morgan fingerprint density at radius 1 is 1.25 bits per heavy atom. The molecule has 2 atom stereocenters. The van der Waals surface area contributed by atoms with Gasteiger partial charge in [0, 0.05) is 0 Å². The topological polar surface area (TPSA) is 4.93 Å². The average molecular weight is 385 g/mol. The number of aromatic nitrogens is 1. The van der Waals surface area contributed by atoms with E-state index in [4.69, 9.17) is 0 Å². The fraction of sp³-hybridized carbons (Fsp3) is 0.643. The molecule has 1 unspecified atom stereocenters. The Hall–Kier alpha value is -0.162. The van der Waals surface area contributed by atoms with Gasteiger partial charge in [-0.05, 0) is 0 Å². The molecule has 1 nitrogen and oxygen atoms in total. The molecule has 1 aliphatic carbocycles. The van der Waals surface area contributed by atoms with Crippen molar-refractivity contribution < 1.29 is 19.4 Å². The van der Waals surface area contributed by atoms with E-state index in [0.29, 0.717) is 0 Å². The molecule has 0 radical (unpaired) electrons. The molecule has 1 aliphatic heterocycles. The first-order valence-electron chi connectivity index (χ1n) is 6.37. The van der Waals surface area contributed by atoms with Crippen LogP contribution in [0.2, 0.25) is 0 Å². The first-order chi connectivity index (χ1) is 7.66. The van der Waals surface area contributed by atoms with E-state index in [1.807, 2.05) is 0 Å². The maximum absolute atomic E-state index is 2.66. The van der Waals surface area contributed by atoms with E-state index in [1.165, 1.54) is 43.4 Å². The second-order valence-electron chi connectivity index (χ2n) is 5.54. The normalized spacial score (nSPS) is 27.6. The summed E-state index contributed by atoms with van der Waals surface area (Å²) >= 11 is 1.63. The van der Waals surface area contributed by atoms with E-state index >= 15 is 0 Å². The fourth-order valence-electron chi connectivity index (χ4n) is 3.68. The van der Waals surface area contributed by atoms with Crippen LogP contribution in [0.3, 0.4) is 0 Å². The number of aryl methyl sites for hydroxylation is 2. The van der Waals surface area contributed by atoms with Crippen molar-refractivity contribution in [2.24, 2.45) is 5.92 Å². The zero-order chi connectivity index (χ0) is 11.3. The van der Waals surface area contributed by atoms with Crippen molar-refractivity contribution in [3.8, 4) is 0 Å². The zero-order valence-corrected chi connectivity index (χ0v) is 13.1. The van der Waals surface area contributed by atoms with Crippen molar-refractivity contribution in [2.75, 3.05) is 0 Å². The number of nitrogens with zero attached hydrogens (tertiary/aromatic N) is 1. The number of pyridine rings is 1. The maximum atomic E-state index is 2.66.